The Labute approximate surface area is 106 Å². The van der Waals surface area contributed by atoms with E-state index in [0.29, 0.717) is 5.92 Å². The van der Waals surface area contributed by atoms with Crippen LogP contribution in [0.15, 0.2) is 0 Å². The summed E-state index contributed by atoms with van der Waals surface area (Å²) in [4.78, 5) is 18.6. The fraction of sp³-hybridized carbons (Fsp3) is 0.667. The fourth-order valence-electron chi connectivity index (χ4n) is 1.90. The monoisotopic (exact) mass is 254 g/mol. The highest BCUT2D eigenvalue weighted by Crippen LogP contribution is 2.29. The first kappa shape index (κ1) is 12.5. The van der Waals surface area contributed by atoms with Crippen molar-refractivity contribution in [2.45, 2.75) is 26.2 Å². The summed E-state index contributed by atoms with van der Waals surface area (Å²) in [5.74, 6) is 0.295. The highest BCUT2D eigenvalue weighted by atomic mass is 32.1. The smallest absolute Gasteiger partial charge is 0.186 e. The number of aromatic nitrogens is 1. The molecule has 17 heavy (non-hydrogen) atoms. The van der Waals surface area contributed by atoms with E-state index in [2.05, 4.69) is 23.7 Å². The van der Waals surface area contributed by atoms with Crippen LogP contribution in [-0.2, 0) is 4.74 Å². The van der Waals surface area contributed by atoms with Gasteiger partial charge in [-0.2, -0.15) is 0 Å². The third-order valence-corrected chi connectivity index (χ3v) is 3.87. The van der Waals surface area contributed by atoms with Crippen molar-refractivity contribution in [3.05, 3.63) is 10.6 Å². The number of ether oxygens (including phenoxy) is 1. The first-order chi connectivity index (χ1) is 8.22. The SMILES string of the molecule is CC(C)c1nc(N2CCCOCC2)sc1C=O. The Hall–Kier alpha value is -0.940. The molecule has 0 aromatic carbocycles. The quantitative estimate of drug-likeness (QED) is 0.776. The van der Waals surface area contributed by atoms with Gasteiger partial charge in [-0.3, -0.25) is 4.79 Å². The molecule has 1 fully saturated rings. The van der Waals surface area contributed by atoms with Gasteiger partial charge in [0, 0.05) is 19.7 Å². The topological polar surface area (TPSA) is 42.4 Å². The molecule has 0 amide bonds. The van der Waals surface area contributed by atoms with Crippen molar-refractivity contribution in [1.82, 2.24) is 4.98 Å². The number of carbonyl (C=O) groups is 1. The van der Waals surface area contributed by atoms with E-state index in [9.17, 15) is 4.79 Å². The van der Waals surface area contributed by atoms with Gasteiger partial charge in [0.1, 0.15) is 0 Å². The largest absolute Gasteiger partial charge is 0.380 e. The molecular formula is C12H18N2O2S. The van der Waals surface area contributed by atoms with Gasteiger partial charge < -0.3 is 9.64 Å². The number of nitrogens with zero attached hydrogens (tertiary/aromatic N) is 2. The number of thiazole rings is 1. The number of hydrogen-bond donors (Lipinski definition) is 0. The van der Waals surface area contributed by atoms with Gasteiger partial charge >= 0.3 is 0 Å². The fourth-order valence-corrected chi connectivity index (χ4v) is 2.99. The van der Waals surface area contributed by atoms with E-state index in [1.54, 1.807) is 0 Å². The Kier molecular flexibility index (Phi) is 4.12. The van der Waals surface area contributed by atoms with Gasteiger partial charge in [0.05, 0.1) is 17.2 Å². The number of aldehydes is 1. The van der Waals surface area contributed by atoms with E-state index in [1.807, 2.05) is 0 Å². The third-order valence-electron chi connectivity index (χ3n) is 2.82. The normalized spacial score (nSPS) is 17.2. The van der Waals surface area contributed by atoms with Crippen LogP contribution < -0.4 is 4.90 Å². The molecule has 1 aromatic rings. The van der Waals surface area contributed by atoms with E-state index in [-0.39, 0.29) is 0 Å². The first-order valence-corrected chi connectivity index (χ1v) is 6.82. The van der Waals surface area contributed by atoms with Crippen LogP contribution in [0.5, 0.6) is 0 Å². The standard InChI is InChI=1S/C12H18N2O2S/c1-9(2)11-10(8-15)17-12(13-11)14-4-3-6-16-7-5-14/h8-9H,3-7H2,1-2H3. The van der Waals surface area contributed by atoms with Crippen molar-refractivity contribution < 1.29 is 9.53 Å². The van der Waals surface area contributed by atoms with E-state index in [4.69, 9.17) is 4.74 Å². The van der Waals surface area contributed by atoms with E-state index in [1.165, 1.54) is 11.3 Å². The molecule has 0 N–H and O–H groups in total. The maximum Gasteiger partial charge on any atom is 0.186 e. The summed E-state index contributed by atoms with van der Waals surface area (Å²) < 4.78 is 5.42. The lowest BCUT2D eigenvalue weighted by Gasteiger charge is -2.17. The maximum absolute atomic E-state index is 11.0. The van der Waals surface area contributed by atoms with E-state index >= 15 is 0 Å². The summed E-state index contributed by atoms with van der Waals surface area (Å²) in [6.07, 6.45) is 1.94. The molecule has 4 nitrogen and oxygen atoms in total. The van der Waals surface area contributed by atoms with Crippen LogP contribution in [0.25, 0.3) is 0 Å². The Morgan fingerprint density at radius 1 is 1.41 bits per heavy atom. The molecule has 0 unspecified atom stereocenters. The minimum absolute atomic E-state index is 0.295. The van der Waals surface area contributed by atoms with Gasteiger partial charge in [-0.25, -0.2) is 4.98 Å². The van der Waals surface area contributed by atoms with Gasteiger partial charge in [-0.15, -0.1) is 0 Å². The predicted octanol–water partition coefficient (Wildman–Crippen LogP) is 2.31. The molecule has 0 atom stereocenters. The second-order valence-corrected chi connectivity index (χ2v) is 5.48. The summed E-state index contributed by atoms with van der Waals surface area (Å²) in [6.45, 7) is 7.52. The highest BCUT2D eigenvalue weighted by molar-refractivity contribution is 7.17. The Balaban J connectivity index is 2.22. The first-order valence-electron chi connectivity index (χ1n) is 6.01. The zero-order valence-electron chi connectivity index (χ0n) is 10.3. The lowest BCUT2D eigenvalue weighted by molar-refractivity contribution is 0.112. The molecule has 0 spiro atoms. The lowest BCUT2D eigenvalue weighted by atomic mass is 10.1. The van der Waals surface area contributed by atoms with Crippen LogP contribution >= 0.6 is 11.3 Å². The van der Waals surface area contributed by atoms with Crippen molar-refractivity contribution in [1.29, 1.82) is 0 Å². The second kappa shape index (κ2) is 5.60. The molecule has 1 aliphatic rings. The molecule has 0 bridgehead atoms. The zero-order valence-corrected chi connectivity index (χ0v) is 11.1. The second-order valence-electron chi connectivity index (χ2n) is 4.47. The predicted molar refractivity (Wildman–Crippen MR) is 69.2 cm³/mol. The third kappa shape index (κ3) is 2.84. The van der Waals surface area contributed by atoms with Crippen LogP contribution in [0.2, 0.25) is 0 Å². The molecule has 2 rings (SSSR count). The van der Waals surface area contributed by atoms with Gasteiger partial charge in [0.15, 0.2) is 11.4 Å². The molecule has 1 aliphatic heterocycles. The van der Waals surface area contributed by atoms with Gasteiger partial charge in [0.25, 0.3) is 0 Å². The molecule has 0 radical (unpaired) electrons. The van der Waals surface area contributed by atoms with Crippen LogP contribution in [0.4, 0.5) is 5.13 Å². The molecular weight excluding hydrogens is 236 g/mol. The van der Waals surface area contributed by atoms with Crippen LogP contribution in [0.1, 0.15) is 41.6 Å². The number of hydrogen-bond acceptors (Lipinski definition) is 5. The zero-order chi connectivity index (χ0) is 12.3. The van der Waals surface area contributed by atoms with Crippen molar-refractivity contribution in [3.8, 4) is 0 Å². The molecule has 2 heterocycles. The Bertz CT molecular complexity index is 382. The van der Waals surface area contributed by atoms with E-state index < -0.39 is 0 Å². The van der Waals surface area contributed by atoms with Crippen molar-refractivity contribution in [2.75, 3.05) is 31.2 Å². The molecule has 1 saturated heterocycles. The average molecular weight is 254 g/mol. The Morgan fingerprint density at radius 2 is 2.24 bits per heavy atom. The summed E-state index contributed by atoms with van der Waals surface area (Å²) in [5.41, 5.74) is 0.921. The summed E-state index contributed by atoms with van der Waals surface area (Å²) >= 11 is 1.49. The van der Waals surface area contributed by atoms with Crippen molar-refractivity contribution >= 4 is 22.8 Å². The van der Waals surface area contributed by atoms with Crippen LogP contribution in [0.3, 0.4) is 0 Å². The Morgan fingerprint density at radius 3 is 2.88 bits per heavy atom. The van der Waals surface area contributed by atoms with Crippen LogP contribution in [0, 0.1) is 0 Å². The highest BCUT2D eigenvalue weighted by Gasteiger charge is 2.18. The van der Waals surface area contributed by atoms with Crippen molar-refractivity contribution in [2.24, 2.45) is 0 Å². The minimum Gasteiger partial charge on any atom is -0.380 e. The van der Waals surface area contributed by atoms with E-state index in [0.717, 1.165) is 54.7 Å². The summed E-state index contributed by atoms with van der Waals surface area (Å²) in [7, 11) is 0. The molecule has 0 saturated carbocycles. The molecule has 0 aliphatic carbocycles. The van der Waals surface area contributed by atoms with Crippen LogP contribution in [-0.4, -0.2) is 37.6 Å². The lowest BCUT2D eigenvalue weighted by Crippen LogP contribution is -2.25. The molecule has 5 heteroatoms. The minimum atomic E-state index is 0.295. The maximum atomic E-state index is 11.0. The van der Waals surface area contributed by atoms with Gasteiger partial charge in [-0.1, -0.05) is 25.2 Å². The number of rotatable bonds is 3. The number of carbonyl (C=O) groups excluding carboxylic acids is 1. The number of anilines is 1. The van der Waals surface area contributed by atoms with Gasteiger partial charge in [-0.05, 0) is 12.3 Å². The van der Waals surface area contributed by atoms with Crippen molar-refractivity contribution in [3.63, 3.8) is 0 Å². The average Bonchev–Trinajstić information content (AvgIpc) is 2.57. The summed E-state index contributed by atoms with van der Waals surface area (Å²) in [6, 6.07) is 0. The van der Waals surface area contributed by atoms with Gasteiger partial charge in [0.2, 0.25) is 0 Å². The summed E-state index contributed by atoms with van der Waals surface area (Å²) in [5, 5.41) is 0.960. The molecule has 1 aromatic heterocycles. The molecule has 94 valence electrons.